The molecule has 0 bridgehead atoms. The maximum atomic E-state index is 6.20. The summed E-state index contributed by atoms with van der Waals surface area (Å²) in [6.45, 7) is 6.98. The normalized spacial score (nSPS) is 18.3. The first kappa shape index (κ1) is 18.0. The molecule has 5 heteroatoms. The van der Waals surface area contributed by atoms with E-state index in [1.54, 1.807) is 0 Å². The van der Waals surface area contributed by atoms with Crippen LogP contribution in [0.25, 0.3) is 11.3 Å². The molecule has 2 heterocycles. The Balaban J connectivity index is 0.00000192. The lowest BCUT2D eigenvalue weighted by atomic mass is 10.0. The summed E-state index contributed by atoms with van der Waals surface area (Å²) in [6, 6.07) is 10.6. The monoisotopic (exact) mass is 335 g/mol. The lowest BCUT2D eigenvalue weighted by Crippen LogP contribution is -2.29. The second-order valence-corrected chi connectivity index (χ2v) is 6.27. The summed E-state index contributed by atoms with van der Waals surface area (Å²) >= 11 is 0. The van der Waals surface area contributed by atoms with Gasteiger partial charge in [-0.05, 0) is 19.4 Å². The molecular formula is C18H26ClN3O. The number of oxazole rings is 1. The van der Waals surface area contributed by atoms with Crippen molar-refractivity contribution in [3.05, 3.63) is 42.0 Å². The summed E-state index contributed by atoms with van der Waals surface area (Å²) in [5.41, 5.74) is 7.85. The van der Waals surface area contributed by atoms with Crippen molar-refractivity contribution in [3.63, 3.8) is 0 Å². The van der Waals surface area contributed by atoms with Gasteiger partial charge in [0.05, 0.1) is 6.04 Å². The summed E-state index contributed by atoms with van der Waals surface area (Å²) in [7, 11) is 0. The van der Waals surface area contributed by atoms with Gasteiger partial charge < -0.3 is 10.2 Å². The van der Waals surface area contributed by atoms with Crippen molar-refractivity contribution in [2.75, 3.05) is 19.6 Å². The molecule has 1 fully saturated rings. The van der Waals surface area contributed by atoms with Gasteiger partial charge in [0.2, 0.25) is 5.89 Å². The molecule has 23 heavy (non-hydrogen) atoms. The lowest BCUT2D eigenvalue weighted by Gasteiger charge is -2.20. The Labute approximate surface area is 144 Å². The standard InChI is InChI=1S/C18H25N3O.ClH/c1-13(2)17-16(14-7-4-3-5-8-14)20-18(22-17)15-9-6-11-21(15)12-10-19;/h3-5,7-8,13,15H,6,9-12,19H2,1-2H3;1H. The predicted molar refractivity (Wildman–Crippen MR) is 95.9 cm³/mol. The number of hydrogen-bond donors (Lipinski definition) is 1. The SMILES string of the molecule is CC(C)c1oc(C2CCCN2CCN)nc1-c1ccccc1.Cl. The first-order valence-electron chi connectivity index (χ1n) is 8.21. The fraction of sp³-hybridized carbons (Fsp3) is 0.500. The van der Waals surface area contributed by atoms with E-state index >= 15 is 0 Å². The maximum absolute atomic E-state index is 6.20. The number of rotatable bonds is 5. The second-order valence-electron chi connectivity index (χ2n) is 6.27. The van der Waals surface area contributed by atoms with Gasteiger partial charge >= 0.3 is 0 Å². The molecule has 0 amide bonds. The molecule has 1 aliphatic rings. The van der Waals surface area contributed by atoms with E-state index in [2.05, 4.69) is 30.9 Å². The van der Waals surface area contributed by atoms with Crippen LogP contribution in [-0.2, 0) is 0 Å². The van der Waals surface area contributed by atoms with E-state index in [9.17, 15) is 0 Å². The van der Waals surface area contributed by atoms with E-state index in [0.29, 0.717) is 12.5 Å². The van der Waals surface area contributed by atoms with Gasteiger partial charge in [0, 0.05) is 24.6 Å². The zero-order valence-corrected chi connectivity index (χ0v) is 14.7. The van der Waals surface area contributed by atoms with Crippen molar-refractivity contribution >= 4 is 12.4 Å². The number of hydrogen-bond acceptors (Lipinski definition) is 4. The third kappa shape index (κ3) is 3.77. The molecule has 3 rings (SSSR count). The molecule has 0 radical (unpaired) electrons. The number of nitrogens with zero attached hydrogens (tertiary/aromatic N) is 2. The highest BCUT2D eigenvalue weighted by Gasteiger charge is 2.31. The van der Waals surface area contributed by atoms with Crippen molar-refractivity contribution in [1.82, 2.24) is 9.88 Å². The zero-order valence-electron chi connectivity index (χ0n) is 13.9. The van der Waals surface area contributed by atoms with E-state index in [4.69, 9.17) is 15.1 Å². The third-order valence-electron chi connectivity index (χ3n) is 4.31. The van der Waals surface area contributed by atoms with Gasteiger partial charge in [0.25, 0.3) is 0 Å². The van der Waals surface area contributed by atoms with Gasteiger partial charge in [0.15, 0.2) is 0 Å². The van der Waals surface area contributed by atoms with Crippen LogP contribution in [0.3, 0.4) is 0 Å². The molecule has 4 nitrogen and oxygen atoms in total. The van der Waals surface area contributed by atoms with Crippen LogP contribution >= 0.6 is 12.4 Å². The lowest BCUT2D eigenvalue weighted by molar-refractivity contribution is 0.224. The fourth-order valence-electron chi connectivity index (χ4n) is 3.23. The van der Waals surface area contributed by atoms with Gasteiger partial charge in [-0.25, -0.2) is 4.98 Å². The van der Waals surface area contributed by atoms with Gasteiger partial charge in [0.1, 0.15) is 11.5 Å². The van der Waals surface area contributed by atoms with Crippen molar-refractivity contribution in [2.24, 2.45) is 5.73 Å². The molecule has 0 aliphatic carbocycles. The van der Waals surface area contributed by atoms with E-state index in [1.165, 1.54) is 6.42 Å². The average molecular weight is 336 g/mol. The number of nitrogens with two attached hydrogens (primary N) is 1. The van der Waals surface area contributed by atoms with E-state index in [-0.39, 0.29) is 18.4 Å². The Bertz CT molecular complexity index is 612. The maximum Gasteiger partial charge on any atom is 0.212 e. The van der Waals surface area contributed by atoms with Gasteiger partial charge in [-0.15, -0.1) is 12.4 Å². The van der Waals surface area contributed by atoms with Crippen LogP contribution in [-0.4, -0.2) is 29.5 Å². The topological polar surface area (TPSA) is 55.3 Å². The largest absolute Gasteiger partial charge is 0.443 e. The average Bonchev–Trinajstić information content (AvgIpc) is 3.14. The Hall–Kier alpha value is -1.36. The highest BCUT2D eigenvalue weighted by atomic mass is 35.5. The summed E-state index contributed by atoms with van der Waals surface area (Å²) in [5, 5.41) is 0. The first-order valence-corrected chi connectivity index (χ1v) is 8.21. The summed E-state index contributed by atoms with van der Waals surface area (Å²) in [5.74, 6) is 2.16. The molecule has 2 N–H and O–H groups in total. The van der Waals surface area contributed by atoms with Crippen LogP contribution in [0.5, 0.6) is 0 Å². The van der Waals surface area contributed by atoms with Gasteiger partial charge in [-0.3, -0.25) is 4.90 Å². The van der Waals surface area contributed by atoms with Crippen LogP contribution in [0.15, 0.2) is 34.7 Å². The molecule has 0 saturated carbocycles. The minimum Gasteiger partial charge on any atom is -0.443 e. The predicted octanol–water partition coefficient (Wildman–Crippen LogP) is 3.98. The first-order chi connectivity index (χ1) is 10.7. The molecule has 1 saturated heterocycles. The number of halogens is 1. The van der Waals surface area contributed by atoms with Crippen LogP contribution in [0.2, 0.25) is 0 Å². The second kappa shape index (κ2) is 7.95. The quantitative estimate of drug-likeness (QED) is 0.897. The molecular weight excluding hydrogens is 310 g/mol. The highest BCUT2D eigenvalue weighted by Crippen LogP contribution is 2.36. The fourth-order valence-corrected chi connectivity index (χ4v) is 3.23. The molecule has 1 aliphatic heterocycles. The molecule has 1 unspecified atom stereocenters. The van der Waals surface area contributed by atoms with Crippen molar-refractivity contribution in [2.45, 2.75) is 38.6 Å². The molecule has 1 aromatic heterocycles. The van der Waals surface area contributed by atoms with Crippen LogP contribution in [0.4, 0.5) is 0 Å². The van der Waals surface area contributed by atoms with Crippen LogP contribution in [0, 0.1) is 0 Å². The van der Waals surface area contributed by atoms with Crippen LogP contribution in [0.1, 0.15) is 50.3 Å². The van der Waals surface area contributed by atoms with Gasteiger partial charge in [-0.2, -0.15) is 0 Å². The summed E-state index contributed by atoms with van der Waals surface area (Å²) in [6.07, 6.45) is 2.29. The summed E-state index contributed by atoms with van der Waals surface area (Å²) < 4.78 is 6.20. The molecule has 126 valence electrons. The minimum absolute atomic E-state index is 0. The molecule has 1 atom stereocenters. The third-order valence-corrected chi connectivity index (χ3v) is 4.31. The van der Waals surface area contributed by atoms with Crippen LogP contribution < -0.4 is 5.73 Å². The molecule has 1 aromatic carbocycles. The zero-order chi connectivity index (χ0) is 15.5. The highest BCUT2D eigenvalue weighted by molar-refractivity contribution is 5.85. The van der Waals surface area contributed by atoms with E-state index < -0.39 is 0 Å². The van der Waals surface area contributed by atoms with E-state index in [1.807, 2.05) is 18.2 Å². The van der Waals surface area contributed by atoms with E-state index in [0.717, 1.165) is 42.4 Å². The Morgan fingerprint density at radius 2 is 2.04 bits per heavy atom. The molecule has 0 spiro atoms. The molecule has 2 aromatic rings. The smallest absolute Gasteiger partial charge is 0.212 e. The van der Waals surface area contributed by atoms with Crippen molar-refractivity contribution < 1.29 is 4.42 Å². The Morgan fingerprint density at radius 3 is 2.70 bits per heavy atom. The number of likely N-dealkylation sites (tertiary alicyclic amines) is 1. The minimum atomic E-state index is 0. The summed E-state index contributed by atoms with van der Waals surface area (Å²) in [4.78, 5) is 7.26. The number of benzene rings is 1. The van der Waals surface area contributed by atoms with Gasteiger partial charge in [-0.1, -0.05) is 44.2 Å². The Kier molecular flexibility index (Phi) is 6.22. The number of aromatic nitrogens is 1. The van der Waals surface area contributed by atoms with Crippen molar-refractivity contribution in [3.8, 4) is 11.3 Å². The Morgan fingerprint density at radius 1 is 1.30 bits per heavy atom. The van der Waals surface area contributed by atoms with Crippen molar-refractivity contribution in [1.29, 1.82) is 0 Å².